The number of imidazole rings is 1. The molecule has 0 spiro atoms. The molecule has 162 valence electrons. The Hall–Kier alpha value is -3.12. The SMILES string of the molecule is Cc1ccccc1OCCn1c([C@@H]2CC(=O)N(c3ccc(Br)cc3)C2)nc2ccccc21. The van der Waals surface area contributed by atoms with Gasteiger partial charge in [0, 0.05) is 29.0 Å². The first kappa shape index (κ1) is 20.8. The van der Waals surface area contributed by atoms with Crippen molar-refractivity contribution < 1.29 is 9.53 Å². The number of para-hydroxylation sites is 3. The fourth-order valence-corrected chi connectivity index (χ4v) is 4.62. The fraction of sp³-hybridized carbons (Fsp3) is 0.231. The number of ether oxygens (including phenoxy) is 1. The third kappa shape index (κ3) is 4.02. The zero-order valence-corrected chi connectivity index (χ0v) is 19.5. The number of carbonyl (C=O) groups excluding carboxylic acids is 1. The lowest BCUT2D eigenvalue weighted by molar-refractivity contribution is -0.117. The Morgan fingerprint density at radius 3 is 2.59 bits per heavy atom. The molecule has 1 aliphatic rings. The number of aromatic nitrogens is 2. The molecule has 1 atom stereocenters. The molecule has 3 aromatic carbocycles. The minimum atomic E-state index is 0.0389. The maximum absolute atomic E-state index is 12.9. The molecule has 6 heteroatoms. The smallest absolute Gasteiger partial charge is 0.227 e. The average molecular weight is 490 g/mol. The average Bonchev–Trinajstić information content (AvgIpc) is 3.36. The maximum Gasteiger partial charge on any atom is 0.227 e. The predicted octanol–water partition coefficient (Wildman–Crippen LogP) is 5.71. The summed E-state index contributed by atoms with van der Waals surface area (Å²) in [6, 6.07) is 24.1. The Morgan fingerprint density at radius 1 is 1.03 bits per heavy atom. The molecule has 1 aliphatic heterocycles. The normalized spacial score (nSPS) is 16.1. The van der Waals surface area contributed by atoms with Crippen LogP contribution >= 0.6 is 15.9 Å². The lowest BCUT2D eigenvalue weighted by Gasteiger charge is -2.18. The highest BCUT2D eigenvalue weighted by Gasteiger charge is 2.34. The number of carbonyl (C=O) groups is 1. The van der Waals surface area contributed by atoms with Crippen molar-refractivity contribution in [1.29, 1.82) is 0 Å². The monoisotopic (exact) mass is 489 g/mol. The summed E-state index contributed by atoms with van der Waals surface area (Å²) in [6.45, 7) is 3.89. The van der Waals surface area contributed by atoms with Crippen LogP contribution in [0.4, 0.5) is 5.69 Å². The van der Waals surface area contributed by atoms with Crippen LogP contribution < -0.4 is 9.64 Å². The molecule has 32 heavy (non-hydrogen) atoms. The number of aryl methyl sites for hydroxylation is 1. The van der Waals surface area contributed by atoms with Gasteiger partial charge >= 0.3 is 0 Å². The van der Waals surface area contributed by atoms with Gasteiger partial charge in [-0.25, -0.2) is 4.98 Å². The van der Waals surface area contributed by atoms with Gasteiger partial charge in [0.2, 0.25) is 5.91 Å². The number of nitrogens with zero attached hydrogens (tertiary/aromatic N) is 3. The van der Waals surface area contributed by atoms with Crippen LogP contribution in [0.1, 0.15) is 23.7 Å². The summed E-state index contributed by atoms with van der Waals surface area (Å²) in [5.74, 6) is 2.02. The Balaban J connectivity index is 1.41. The number of hydrogen-bond donors (Lipinski definition) is 0. The highest BCUT2D eigenvalue weighted by molar-refractivity contribution is 9.10. The fourth-order valence-electron chi connectivity index (χ4n) is 4.36. The van der Waals surface area contributed by atoms with Gasteiger partial charge in [0.15, 0.2) is 0 Å². The maximum atomic E-state index is 12.9. The van der Waals surface area contributed by atoms with E-state index in [-0.39, 0.29) is 11.8 Å². The first-order valence-corrected chi connectivity index (χ1v) is 11.6. The van der Waals surface area contributed by atoms with Crippen molar-refractivity contribution in [3.8, 4) is 5.75 Å². The summed E-state index contributed by atoms with van der Waals surface area (Å²) < 4.78 is 9.29. The van der Waals surface area contributed by atoms with Crippen molar-refractivity contribution in [2.75, 3.05) is 18.1 Å². The molecule has 4 aromatic rings. The second kappa shape index (κ2) is 8.79. The molecule has 0 bridgehead atoms. The molecule has 1 fully saturated rings. The van der Waals surface area contributed by atoms with E-state index in [0.29, 0.717) is 26.1 Å². The Morgan fingerprint density at radius 2 is 1.78 bits per heavy atom. The highest BCUT2D eigenvalue weighted by Crippen LogP contribution is 2.33. The molecule has 5 rings (SSSR count). The van der Waals surface area contributed by atoms with Gasteiger partial charge in [-0.15, -0.1) is 0 Å². The number of hydrogen-bond acceptors (Lipinski definition) is 3. The molecule has 1 amide bonds. The topological polar surface area (TPSA) is 47.4 Å². The van der Waals surface area contributed by atoms with Crippen LogP contribution in [0.15, 0.2) is 77.3 Å². The van der Waals surface area contributed by atoms with E-state index >= 15 is 0 Å². The van der Waals surface area contributed by atoms with Crippen molar-refractivity contribution in [2.45, 2.75) is 25.8 Å². The third-order valence-electron chi connectivity index (χ3n) is 5.98. The third-order valence-corrected chi connectivity index (χ3v) is 6.51. The Labute approximate surface area is 195 Å². The van der Waals surface area contributed by atoms with Gasteiger partial charge in [-0.2, -0.15) is 0 Å². The number of fused-ring (bicyclic) bond motifs is 1. The standard InChI is InChI=1S/C26H24BrN3O2/c1-18-6-2-5-9-24(18)32-15-14-29-23-8-4-3-7-22(23)28-26(29)19-16-25(31)30(17-19)21-12-10-20(27)11-13-21/h2-13,19H,14-17H2,1H3/t19-/m1/s1. The van der Waals surface area contributed by atoms with E-state index in [0.717, 1.165) is 38.3 Å². The van der Waals surface area contributed by atoms with Gasteiger partial charge in [-0.3, -0.25) is 4.79 Å². The predicted molar refractivity (Wildman–Crippen MR) is 130 cm³/mol. The molecule has 0 aliphatic carbocycles. The van der Waals surface area contributed by atoms with Gasteiger partial charge < -0.3 is 14.2 Å². The molecule has 5 nitrogen and oxygen atoms in total. The lowest BCUT2D eigenvalue weighted by Crippen LogP contribution is -2.24. The van der Waals surface area contributed by atoms with E-state index < -0.39 is 0 Å². The van der Waals surface area contributed by atoms with Gasteiger partial charge in [0.1, 0.15) is 18.2 Å². The molecule has 2 heterocycles. The van der Waals surface area contributed by atoms with Crippen molar-refractivity contribution in [2.24, 2.45) is 0 Å². The number of anilines is 1. The van der Waals surface area contributed by atoms with E-state index in [1.807, 2.05) is 78.6 Å². The molecular weight excluding hydrogens is 466 g/mol. The molecule has 1 aromatic heterocycles. The number of amides is 1. The molecule has 0 saturated carbocycles. The number of benzene rings is 3. The summed E-state index contributed by atoms with van der Waals surface area (Å²) in [7, 11) is 0. The largest absolute Gasteiger partial charge is 0.491 e. The Kier molecular flexibility index (Phi) is 5.70. The number of halogens is 1. The van der Waals surface area contributed by atoms with Gasteiger partial charge in [0.25, 0.3) is 0 Å². The van der Waals surface area contributed by atoms with Gasteiger partial charge in [-0.05, 0) is 55.0 Å². The lowest BCUT2D eigenvalue weighted by atomic mass is 10.1. The van der Waals surface area contributed by atoms with Gasteiger partial charge in [-0.1, -0.05) is 46.3 Å². The van der Waals surface area contributed by atoms with E-state index in [2.05, 4.69) is 26.6 Å². The summed E-state index contributed by atoms with van der Waals surface area (Å²) in [6.07, 6.45) is 0.456. The first-order chi connectivity index (χ1) is 15.6. The van der Waals surface area contributed by atoms with Crippen LogP contribution in [0, 0.1) is 6.92 Å². The van der Waals surface area contributed by atoms with Crippen LogP contribution in [0.25, 0.3) is 11.0 Å². The first-order valence-electron chi connectivity index (χ1n) is 10.8. The second-order valence-electron chi connectivity index (χ2n) is 8.11. The van der Waals surface area contributed by atoms with Crippen molar-refractivity contribution in [1.82, 2.24) is 9.55 Å². The van der Waals surface area contributed by atoms with Crippen LogP contribution in [0.3, 0.4) is 0 Å². The number of rotatable bonds is 6. The van der Waals surface area contributed by atoms with E-state index in [9.17, 15) is 4.79 Å². The van der Waals surface area contributed by atoms with Crippen molar-refractivity contribution in [3.05, 3.63) is 88.7 Å². The van der Waals surface area contributed by atoms with Crippen molar-refractivity contribution >= 4 is 38.6 Å². The summed E-state index contributed by atoms with van der Waals surface area (Å²) >= 11 is 3.46. The molecule has 0 radical (unpaired) electrons. The van der Waals surface area contributed by atoms with Crippen LogP contribution in [-0.4, -0.2) is 28.6 Å². The van der Waals surface area contributed by atoms with Crippen LogP contribution in [-0.2, 0) is 11.3 Å². The molecule has 0 N–H and O–H groups in total. The van der Waals surface area contributed by atoms with Crippen LogP contribution in [0.5, 0.6) is 5.75 Å². The van der Waals surface area contributed by atoms with E-state index in [1.54, 1.807) is 0 Å². The molecular formula is C26H24BrN3O2. The quantitative estimate of drug-likeness (QED) is 0.348. The van der Waals surface area contributed by atoms with E-state index in [1.165, 1.54) is 0 Å². The van der Waals surface area contributed by atoms with E-state index in [4.69, 9.17) is 9.72 Å². The van der Waals surface area contributed by atoms with Crippen molar-refractivity contribution in [3.63, 3.8) is 0 Å². The molecule has 0 unspecified atom stereocenters. The highest BCUT2D eigenvalue weighted by atomic mass is 79.9. The van der Waals surface area contributed by atoms with Crippen LogP contribution in [0.2, 0.25) is 0 Å². The summed E-state index contributed by atoms with van der Waals surface area (Å²) in [5, 5.41) is 0. The zero-order chi connectivity index (χ0) is 22.1. The molecule has 1 saturated heterocycles. The summed E-state index contributed by atoms with van der Waals surface area (Å²) in [5.41, 5.74) is 4.07. The zero-order valence-electron chi connectivity index (χ0n) is 17.9. The Bertz CT molecular complexity index is 1270. The minimum Gasteiger partial charge on any atom is -0.491 e. The van der Waals surface area contributed by atoms with Gasteiger partial charge in [0.05, 0.1) is 17.6 Å². The summed E-state index contributed by atoms with van der Waals surface area (Å²) in [4.78, 5) is 19.7. The second-order valence-corrected chi connectivity index (χ2v) is 9.02. The minimum absolute atomic E-state index is 0.0389.